The zero-order chi connectivity index (χ0) is 22.6. The number of para-hydroxylation sites is 1. The molecule has 3 heterocycles. The first-order valence-electron chi connectivity index (χ1n) is 12.3. The van der Waals surface area contributed by atoms with E-state index in [1.54, 1.807) is 0 Å². The number of quaternary nitrogens is 1. The Balaban J connectivity index is 0.00000274. The Labute approximate surface area is 214 Å². The molecule has 0 spiro atoms. The maximum absolute atomic E-state index is 10.8. The molecule has 0 aliphatic carbocycles. The molecule has 34 heavy (non-hydrogen) atoms. The van der Waals surface area contributed by atoms with Gasteiger partial charge in [0.15, 0.2) is 0 Å². The molecule has 0 radical (unpaired) electrons. The minimum atomic E-state index is -0.595. The number of ether oxygens (including phenoxy) is 1. The second-order valence-electron chi connectivity index (χ2n) is 9.88. The largest absolute Gasteiger partial charge is 1.00 e. The molecule has 2 bridgehead atoms. The van der Waals surface area contributed by atoms with E-state index in [0.29, 0.717) is 0 Å². The van der Waals surface area contributed by atoms with E-state index >= 15 is 0 Å². The minimum Gasteiger partial charge on any atom is -1.00 e. The van der Waals surface area contributed by atoms with E-state index in [2.05, 4.69) is 66.7 Å². The molecule has 3 aliphatic rings. The van der Waals surface area contributed by atoms with E-state index in [4.69, 9.17) is 4.74 Å². The van der Waals surface area contributed by atoms with Crippen molar-refractivity contribution >= 4 is 0 Å². The SMILES string of the molecule is N#CC(c1ccccc1)(c1ccccc1)C12CC[N+](CCCOc3ccccc3)(CC1)CC2.[Br-]. The van der Waals surface area contributed by atoms with Gasteiger partial charge in [0.25, 0.3) is 0 Å². The summed E-state index contributed by atoms with van der Waals surface area (Å²) in [6.45, 7) is 5.42. The molecule has 6 rings (SSSR count). The fraction of sp³-hybridized carbons (Fsp3) is 0.367. The topological polar surface area (TPSA) is 33.0 Å². The van der Waals surface area contributed by atoms with Gasteiger partial charge in [0.1, 0.15) is 11.2 Å². The van der Waals surface area contributed by atoms with Gasteiger partial charge in [-0.3, -0.25) is 0 Å². The summed E-state index contributed by atoms with van der Waals surface area (Å²) in [6, 6.07) is 34.1. The van der Waals surface area contributed by atoms with Gasteiger partial charge in [-0.2, -0.15) is 5.26 Å². The van der Waals surface area contributed by atoms with Gasteiger partial charge in [-0.05, 0) is 23.3 Å². The Hall–Kier alpha value is -2.61. The van der Waals surface area contributed by atoms with Crippen molar-refractivity contribution in [3.63, 3.8) is 0 Å². The van der Waals surface area contributed by atoms with Crippen LogP contribution < -0.4 is 21.7 Å². The lowest BCUT2D eigenvalue weighted by Gasteiger charge is -2.60. The fourth-order valence-corrected chi connectivity index (χ4v) is 6.47. The first-order valence-corrected chi connectivity index (χ1v) is 12.3. The third-order valence-corrected chi connectivity index (χ3v) is 8.36. The molecular formula is C30H33BrN2O. The van der Waals surface area contributed by atoms with Crippen LogP contribution in [0.25, 0.3) is 0 Å². The maximum atomic E-state index is 10.8. The van der Waals surface area contributed by atoms with Crippen molar-refractivity contribution in [1.29, 1.82) is 5.26 Å². The Bertz CT molecular complexity index is 1030. The van der Waals surface area contributed by atoms with Crippen LogP contribution in [0.2, 0.25) is 0 Å². The Morgan fingerprint density at radius 1 is 0.765 bits per heavy atom. The smallest absolute Gasteiger partial charge is 0.119 e. The number of hydrogen-bond donors (Lipinski definition) is 0. The van der Waals surface area contributed by atoms with Crippen LogP contribution in [0.15, 0.2) is 91.0 Å². The molecule has 0 atom stereocenters. The molecule has 176 valence electrons. The highest BCUT2D eigenvalue weighted by atomic mass is 79.9. The van der Waals surface area contributed by atoms with Gasteiger partial charge in [0, 0.05) is 31.1 Å². The minimum absolute atomic E-state index is 0. The van der Waals surface area contributed by atoms with Gasteiger partial charge >= 0.3 is 0 Å². The summed E-state index contributed by atoms with van der Waals surface area (Å²) in [4.78, 5) is 0. The van der Waals surface area contributed by atoms with Crippen molar-refractivity contribution in [3.8, 4) is 11.8 Å². The number of rotatable bonds is 8. The summed E-state index contributed by atoms with van der Waals surface area (Å²) in [5, 5.41) is 10.8. The fourth-order valence-electron chi connectivity index (χ4n) is 6.47. The Kier molecular flexibility index (Phi) is 7.45. The van der Waals surface area contributed by atoms with Gasteiger partial charge in [-0.25, -0.2) is 0 Å². The van der Waals surface area contributed by atoms with E-state index in [-0.39, 0.29) is 22.4 Å². The molecule has 0 aromatic heterocycles. The third kappa shape index (κ3) is 4.28. The second-order valence-corrected chi connectivity index (χ2v) is 9.88. The van der Waals surface area contributed by atoms with E-state index in [1.165, 1.54) is 11.0 Å². The summed E-state index contributed by atoms with van der Waals surface area (Å²) in [6.07, 6.45) is 4.38. The lowest BCUT2D eigenvalue weighted by Crippen LogP contribution is -3.00. The van der Waals surface area contributed by atoms with Gasteiger partial charge in [-0.15, -0.1) is 0 Å². The van der Waals surface area contributed by atoms with Crippen molar-refractivity contribution in [2.24, 2.45) is 5.41 Å². The average Bonchev–Trinajstić information content (AvgIpc) is 2.90. The monoisotopic (exact) mass is 516 g/mol. The number of nitriles is 1. The third-order valence-electron chi connectivity index (χ3n) is 8.36. The van der Waals surface area contributed by atoms with Crippen molar-refractivity contribution in [2.45, 2.75) is 31.1 Å². The molecule has 0 N–H and O–H groups in total. The number of piperidine rings is 3. The van der Waals surface area contributed by atoms with Crippen LogP contribution in [0, 0.1) is 16.7 Å². The van der Waals surface area contributed by atoms with Gasteiger partial charge in [-0.1, -0.05) is 78.9 Å². The van der Waals surface area contributed by atoms with E-state index in [9.17, 15) is 5.26 Å². The quantitative estimate of drug-likeness (QED) is 0.340. The average molecular weight is 518 g/mol. The molecule has 3 nitrogen and oxygen atoms in total. The van der Waals surface area contributed by atoms with Gasteiger partial charge < -0.3 is 26.2 Å². The molecule has 3 aromatic rings. The molecule has 0 unspecified atom stereocenters. The summed E-state index contributed by atoms with van der Waals surface area (Å²) in [5.41, 5.74) is 1.70. The maximum Gasteiger partial charge on any atom is 0.119 e. The lowest BCUT2D eigenvalue weighted by molar-refractivity contribution is -0.946. The molecule has 3 aliphatic heterocycles. The number of nitrogens with zero attached hydrogens (tertiary/aromatic N) is 2. The van der Waals surface area contributed by atoms with Crippen LogP contribution in [-0.4, -0.2) is 37.3 Å². The van der Waals surface area contributed by atoms with E-state index < -0.39 is 5.41 Å². The summed E-state index contributed by atoms with van der Waals surface area (Å²) in [5.74, 6) is 0.957. The van der Waals surface area contributed by atoms with Crippen molar-refractivity contribution in [3.05, 3.63) is 102 Å². The van der Waals surface area contributed by atoms with Crippen molar-refractivity contribution in [1.82, 2.24) is 0 Å². The predicted octanol–water partition coefficient (Wildman–Crippen LogP) is 2.97. The summed E-state index contributed by atoms with van der Waals surface area (Å²) >= 11 is 0. The molecule has 4 heteroatoms. The summed E-state index contributed by atoms with van der Waals surface area (Å²) in [7, 11) is 0. The highest BCUT2D eigenvalue weighted by Gasteiger charge is 2.61. The van der Waals surface area contributed by atoms with Crippen molar-refractivity contribution in [2.75, 3.05) is 32.8 Å². The molecule has 0 saturated carbocycles. The standard InChI is InChI=1S/C30H33N2O.BrH/c31-25-30(26-11-4-1-5-12-26,27-13-6-2-7-14-27)29-17-21-32(22-18-29,23-19-29)20-10-24-33-28-15-8-3-9-16-28;/h1-9,11-16H,10,17-24H2;1H/q+1;/p-1. The molecule has 3 saturated heterocycles. The van der Waals surface area contributed by atoms with E-state index in [1.807, 2.05) is 30.3 Å². The second kappa shape index (κ2) is 10.3. The number of hydrogen-bond acceptors (Lipinski definition) is 2. The normalized spacial score (nSPS) is 23.5. The van der Waals surface area contributed by atoms with Crippen LogP contribution >= 0.6 is 0 Å². The Morgan fingerprint density at radius 3 is 1.71 bits per heavy atom. The van der Waals surface area contributed by atoms with Crippen LogP contribution in [0.4, 0.5) is 0 Å². The van der Waals surface area contributed by atoms with Crippen LogP contribution in [-0.2, 0) is 5.41 Å². The lowest BCUT2D eigenvalue weighted by atomic mass is 9.50. The molecule has 0 amide bonds. The highest BCUT2D eigenvalue weighted by molar-refractivity contribution is 5.49. The molecule has 3 aromatic carbocycles. The van der Waals surface area contributed by atoms with Gasteiger partial charge in [0.2, 0.25) is 0 Å². The van der Waals surface area contributed by atoms with Crippen molar-refractivity contribution < 1.29 is 26.2 Å². The van der Waals surface area contributed by atoms with E-state index in [0.717, 1.165) is 68.8 Å². The Morgan fingerprint density at radius 2 is 1.24 bits per heavy atom. The molecular weight excluding hydrogens is 484 g/mol. The summed E-state index contributed by atoms with van der Waals surface area (Å²) < 4.78 is 7.14. The molecule has 3 fully saturated rings. The predicted molar refractivity (Wildman–Crippen MR) is 132 cm³/mol. The van der Waals surface area contributed by atoms with Gasteiger partial charge in [0.05, 0.1) is 38.9 Å². The van der Waals surface area contributed by atoms with Crippen LogP contribution in [0.3, 0.4) is 0 Å². The highest BCUT2D eigenvalue weighted by Crippen LogP contribution is 2.58. The first-order chi connectivity index (χ1) is 16.2. The number of benzene rings is 3. The number of fused-ring (bicyclic) bond motifs is 3. The zero-order valence-corrected chi connectivity index (χ0v) is 21.3. The van der Waals surface area contributed by atoms with Crippen LogP contribution in [0.1, 0.15) is 36.8 Å². The first kappa shape index (κ1) is 24.5. The van der Waals surface area contributed by atoms with Crippen LogP contribution in [0.5, 0.6) is 5.75 Å². The number of halogens is 1. The zero-order valence-electron chi connectivity index (χ0n) is 19.7.